The van der Waals surface area contributed by atoms with Crippen LogP contribution in [0, 0.1) is 0 Å². The lowest BCUT2D eigenvalue weighted by Crippen LogP contribution is -1.87. The molecule has 0 bridgehead atoms. The van der Waals surface area contributed by atoms with Crippen molar-refractivity contribution in [1.29, 1.82) is 0 Å². The lowest BCUT2D eigenvalue weighted by atomic mass is 9.91. The van der Waals surface area contributed by atoms with E-state index in [2.05, 4.69) is 78.9 Å². The Morgan fingerprint density at radius 2 is 1.03 bits per heavy atom. The molecule has 0 aliphatic carbocycles. The fourth-order valence-electron chi connectivity index (χ4n) is 4.40. The standard InChI is InChI=1S/C31H25O2/c32-20-22-11-15-24(16-12-22)28-19-29(25-17-13-23(21-33)14-18-25)31(27-9-5-2-6-10-27)30(28)26-7-3-1-4-8-26/h1-19,32-33H,20-21H2/q-1. The average molecular weight is 430 g/mol. The minimum absolute atomic E-state index is 0.0323. The summed E-state index contributed by atoms with van der Waals surface area (Å²) in [4.78, 5) is 0. The molecule has 0 heterocycles. The van der Waals surface area contributed by atoms with E-state index in [0.29, 0.717) is 0 Å². The fourth-order valence-corrected chi connectivity index (χ4v) is 4.40. The molecule has 5 aromatic rings. The van der Waals surface area contributed by atoms with Crippen molar-refractivity contribution < 1.29 is 10.2 Å². The topological polar surface area (TPSA) is 40.5 Å². The van der Waals surface area contributed by atoms with E-state index in [1.165, 1.54) is 11.1 Å². The van der Waals surface area contributed by atoms with Gasteiger partial charge in [-0.3, -0.25) is 0 Å². The van der Waals surface area contributed by atoms with Crippen molar-refractivity contribution in [3.63, 3.8) is 0 Å². The van der Waals surface area contributed by atoms with Gasteiger partial charge in [-0.05, 0) is 11.1 Å². The van der Waals surface area contributed by atoms with Crippen LogP contribution in [0.25, 0.3) is 44.5 Å². The summed E-state index contributed by atoms with van der Waals surface area (Å²) >= 11 is 0. The predicted octanol–water partition coefficient (Wildman–Crippen LogP) is 7.06. The molecular formula is C31H25O2-. The van der Waals surface area contributed by atoms with Gasteiger partial charge in [0.2, 0.25) is 0 Å². The smallest absolute Gasteiger partial charge is 0.0681 e. The fraction of sp³-hybridized carbons (Fsp3) is 0.0645. The minimum atomic E-state index is 0.0323. The lowest BCUT2D eigenvalue weighted by Gasteiger charge is -2.18. The highest BCUT2D eigenvalue weighted by molar-refractivity contribution is 6.04. The molecule has 5 aromatic carbocycles. The van der Waals surface area contributed by atoms with E-state index in [4.69, 9.17) is 0 Å². The molecule has 0 saturated carbocycles. The average Bonchev–Trinajstić information content (AvgIpc) is 3.30. The van der Waals surface area contributed by atoms with E-state index < -0.39 is 0 Å². The van der Waals surface area contributed by atoms with Gasteiger partial charge in [0.15, 0.2) is 0 Å². The maximum atomic E-state index is 9.50. The van der Waals surface area contributed by atoms with Crippen molar-refractivity contribution in [2.75, 3.05) is 0 Å². The zero-order valence-electron chi connectivity index (χ0n) is 18.3. The van der Waals surface area contributed by atoms with Gasteiger partial charge < -0.3 is 10.2 Å². The molecule has 2 N–H and O–H groups in total. The first-order chi connectivity index (χ1) is 16.3. The lowest BCUT2D eigenvalue weighted by molar-refractivity contribution is 0.281. The third-order valence-corrected chi connectivity index (χ3v) is 6.10. The molecule has 162 valence electrons. The monoisotopic (exact) mass is 429 g/mol. The molecule has 2 heteroatoms. The molecule has 0 saturated heterocycles. The van der Waals surface area contributed by atoms with Crippen LogP contribution in [0.15, 0.2) is 115 Å². The Morgan fingerprint density at radius 1 is 0.515 bits per heavy atom. The van der Waals surface area contributed by atoms with Crippen LogP contribution in [-0.2, 0) is 13.2 Å². The van der Waals surface area contributed by atoms with Gasteiger partial charge in [-0.1, -0.05) is 136 Å². The van der Waals surface area contributed by atoms with Gasteiger partial charge in [0.25, 0.3) is 0 Å². The van der Waals surface area contributed by atoms with Crippen molar-refractivity contribution in [3.8, 4) is 44.5 Å². The van der Waals surface area contributed by atoms with Gasteiger partial charge in [0.05, 0.1) is 13.2 Å². The Morgan fingerprint density at radius 3 is 1.58 bits per heavy atom. The van der Waals surface area contributed by atoms with Gasteiger partial charge >= 0.3 is 0 Å². The second-order valence-electron chi connectivity index (χ2n) is 8.16. The van der Waals surface area contributed by atoms with Crippen LogP contribution in [0.3, 0.4) is 0 Å². The maximum Gasteiger partial charge on any atom is 0.0681 e. The van der Waals surface area contributed by atoms with E-state index in [0.717, 1.165) is 44.5 Å². The third-order valence-electron chi connectivity index (χ3n) is 6.10. The molecule has 0 aromatic heterocycles. The van der Waals surface area contributed by atoms with Crippen molar-refractivity contribution in [2.45, 2.75) is 13.2 Å². The van der Waals surface area contributed by atoms with Gasteiger partial charge in [-0.25, -0.2) is 0 Å². The number of hydrogen-bond acceptors (Lipinski definition) is 2. The van der Waals surface area contributed by atoms with Crippen LogP contribution in [-0.4, -0.2) is 10.2 Å². The van der Waals surface area contributed by atoms with E-state index >= 15 is 0 Å². The molecule has 0 spiro atoms. The van der Waals surface area contributed by atoms with Gasteiger partial charge in [-0.2, -0.15) is 0 Å². The largest absolute Gasteiger partial charge is 0.392 e. The second kappa shape index (κ2) is 9.33. The third kappa shape index (κ3) is 4.14. The van der Waals surface area contributed by atoms with Gasteiger partial charge in [0, 0.05) is 0 Å². The number of aliphatic hydroxyl groups is 2. The molecule has 0 radical (unpaired) electrons. The zero-order valence-corrected chi connectivity index (χ0v) is 18.3. The number of rotatable bonds is 6. The SMILES string of the molecule is OCc1ccc(-c2c[c-](-c3ccc(CO)cc3)c(-c3ccccc3)c2-c2ccccc2)cc1. The van der Waals surface area contributed by atoms with Crippen molar-refractivity contribution in [2.24, 2.45) is 0 Å². The highest BCUT2D eigenvalue weighted by atomic mass is 16.3. The molecule has 33 heavy (non-hydrogen) atoms. The molecule has 5 rings (SSSR count). The van der Waals surface area contributed by atoms with E-state index in [1.807, 2.05) is 36.4 Å². The molecule has 0 aliphatic heterocycles. The Kier molecular flexibility index (Phi) is 5.95. The molecule has 0 atom stereocenters. The molecule has 0 fully saturated rings. The predicted molar refractivity (Wildman–Crippen MR) is 136 cm³/mol. The summed E-state index contributed by atoms with van der Waals surface area (Å²) in [7, 11) is 0. The Hall–Kier alpha value is -3.85. The summed E-state index contributed by atoms with van der Waals surface area (Å²) < 4.78 is 0. The molecule has 0 amide bonds. The number of hydrogen-bond donors (Lipinski definition) is 2. The molecule has 0 unspecified atom stereocenters. The molecule has 2 nitrogen and oxygen atoms in total. The number of benzene rings is 4. The first-order valence-electron chi connectivity index (χ1n) is 11.1. The normalized spacial score (nSPS) is 11.0. The van der Waals surface area contributed by atoms with E-state index in [9.17, 15) is 10.2 Å². The van der Waals surface area contributed by atoms with Gasteiger partial charge in [0.1, 0.15) is 0 Å². The van der Waals surface area contributed by atoms with Crippen LogP contribution in [0.5, 0.6) is 0 Å². The van der Waals surface area contributed by atoms with E-state index in [-0.39, 0.29) is 13.2 Å². The Labute approximate surface area is 194 Å². The highest BCUT2D eigenvalue weighted by Gasteiger charge is 2.15. The van der Waals surface area contributed by atoms with Crippen molar-refractivity contribution >= 4 is 0 Å². The van der Waals surface area contributed by atoms with Crippen LogP contribution in [0.1, 0.15) is 11.1 Å². The summed E-state index contributed by atoms with van der Waals surface area (Å²) in [6.45, 7) is 0.0646. The molecular weight excluding hydrogens is 404 g/mol. The van der Waals surface area contributed by atoms with Crippen LogP contribution in [0.4, 0.5) is 0 Å². The summed E-state index contributed by atoms with van der Waals surface area (Å²) in [5.41, 5.74) is 11.1. The maximum absolute atomic E-state index is 9.50. The van der Waals surface area contributed by atoms with Crippen LogP contribution >= 0.6 is 0 Å². The first kappa shape index (κ1) is 21.0. The summed E-state index contributed by atoms with van der Waals surface area (Å²) in [5.74, 6) is 0. The zero-order chi connectivity index (χ0) is 22.6. The number of aliphatic hydroxyl groups excluding tert-OH is 2. The summed E-state index contributed by atoms with van der Waals surface area (Å²) in [5, 5.41) is 19.0. The highest BCUT2D eigenvalue weighted by Crippen LogP contribution is 2.48. The van der Waals surface area contributed by atoms with Crippen molar-refractivity contribution in [3.05, 3.63) is 126 Å². The first-order valence-corrected chi connectivity index (χ1v) is 11.1. The van der Waals surface area contributed by atoms with Crippen LogP contribution < -0.4 is 0 Å². The summed E-state index contributed by atoms with van der Waals surface area (Å²) in [6.07, 6.45) is 0. The quantitative estimate of drug-likeness (QED) is 0.284. The van der Waals surface area contributed by atoms with Crippen LogP contribution in [0.2, 0.25) is 0 Å². The second-order valence-corrected chi connectivity index (χ2v) is 8.16. The van der Waals surface area contributed by atoms with Gasteiger partial charge in [-0.15, -0.1) is 23.8 Å². The van der Waals surface area contributed by atoms with E-state index in [1.54, 1.807) is 0 Å². The Balaban J connectivity index is 1.82. The van der Waals surface area contributed by atoms with Crippen molar-refractivity contribution in [1.82, 2.24) is 0 Å². The summed E-state index contributed by atoms with van der Waals surface area (Å²) in [6, 6.07) is 39.5. The Bertz CT molecular complexity index is 1220. The molecule has 0 aliphatic rings. The minimum Gasteiger partial charge on any atom is -0.392 e.